The SMILES string of the molecule is CCCNC(CC)c1ccc(Sc2ncc[nH]2)cn1. The maximum absolute atomic E-state index is 4.56. The summed E-state index contributed by atoms with van der Waals surface area (Å²) in [6, 6.07) is 4.55. The number of rotatable bonds is 7. The van der Waals surface area contributed by atoms with Gasteiger partial charge < -0.3 is 10.3 Å². The lowest BCUT2D eigenvalue weighted by molar-refractivity contribution is 0.507. The van der Waals surface area contributed by atoms with Crippen molar-refractivity contribution in [3.8, 4) is 0 Å². The van der Waals surface area contributed by atoms with Crippen LogP contribution in [0.15, 0.2) is 40.8 Å². The zero-order valence-corrected chi connectivity index (χ0v) is 12.2. The lowest BCUT2D eigenvalue weighted by atomic mass is 10.1. The molecular formula is C14H20N4S. The molecule has 0 aliphatic heterocycles. The minimum Gasteiger partial charge on any atom is -0.339 e. The molecule has 0 aliphatic rings. The fourth-order valence-corrected chi connectivity index (χ4v) is 2.56. The molecule has 5 heteroatoms. The third kappa shape index (κ3) is 4.08. The smallest absolute Gasteiger partial charge is 0.170 e. The quantitative estimate of drug-likeness (QED) is 0.813. The van der Waals surface area contributed by atoms with E-state index in [4.69, 9.17) is 0 Å². The molecular weight excluding hydrogens is 256 g/mol. The maximum Gasteiger partial charge on any atom is 0.170 e. The van der Waals surface area contributed by atoms with E-state index in [1.165, 1.54) is 0 Å². The van der Waals surface area contributed by atoms with E-state index in [-0.39, 0.29) is 0 Å². The summed E-state index contributed by atoms with van der Waals surface area (Å²) in [6.45, 7) is 5.39. The molecule has 4 nitrogen and oxygen atoms in total. The van der Waals surface area contributed by atoms with Gasteiger partial charge in [-0.2, -0.15) is 0 Å². The van der Waals surface area contributed by atoms with Gasteiger partial charge in [-0.05, 0) is 31.5 Å². The molecule has 0 aromatic carbocycles. The second-order valence-electron chi connectivity index (χ2n) is 4.33. The highest BCUT2D eigenvalue weighted by Gasteiger charge is 2.09. The normalized spacial score (nSPS) is 12.5. The second kappa shape index (κ2) is 7.31. The molecule has 19 heavy (non-hydrogen) atoms. The van der Waals surface area contributed by atoms with Gasteiger partial charge in [0.05, 0.1) is 5.69 Å². The van der Waals surface area contributed by atoms with E-state index >= 15 is 0 Å². The molecule has 102 valence electrons. The molecule has 2 aromatic heterocycles. The van der Waals surface area contributed by atoms with Crippen molar-refractivity contribution >= 4 is 11.8 Å². The minimum atomic E-state index is 0.350. The van der Waals surface area contributed by atoms with Crippen LogP contribution in [0.5, 0.6) is 0 Å². The number of nitrogens with zero attached hydrogens (tertiary/aromatic N) is 2. The summed E-state index contributed by atoms with van der Waals surface area (Å²) >= 11 is 1.59. The van der Waals surface area contributed by atoms with E-state index in [1.54, 1.807) is 18.0 Å². The van der Waals surface area contributed by atoms with Crippen LogP contribution in [0.3, 0.4) is 0 Å². The topological polar surface area (TPSA) is 53.6 Å². The fraction of sp³-hybridized carbons (Fsp3) is 0.429. The second-order valence-corrected chi connectivity index (χ2v) is 5.39. The summed E-state index contributed by atoms with van der Waals surface area (Å²) < 4.78 is 0. The van der Waals surface area contributed by atoms with Crippen LogP contribution in [0.1, 0.15) is 38.4 Å². The van der Waals surface area contributed by atoms with Crippen LogP contribution < -0.4 is 5.32 Å². The van der Waals surface area contributed by atoms with E-state index in [0.29, 0.717) is 6.04 Å². The minimum absolute atomic E-state index is 0.350. The number of imidazole rings is 1. The van der Waals surface area contributed by atoms with Crippen molar-refractivity contribution in [2.75, 3.05) is 6.54 Å². The third-order valence-electron chi connectivity index (χ3n) is 2.85. The molecule has 2 N–H and O–H groups in total. The Labute approximate surface area is 118 Å². The molecule has 0 amide bonds. The summed E-state index contributed by atoms with van der Waals surface area (Å²) in [6.07, 6.45) is 7.69. The first kappa shape index (κ1) is 14.1. The molecule has 0 spiro atoms. The summed E-state index contributed by atoms with van der Waals surface area (Å²) in [5.74, 6) is 0. The first-order chi connectivity index (χ1) is 9.33. The largest absolute Gasteiger partial charge is 0.339 e. The zero-order chi connectivity index (χ0) is 13.5. The first-order valence-corrected chi connectivity index (χ1v) is 7.51. The molecule has 0 bridgehead atoms. The van der Waals surface area contributed by atoms with Crippen molar-refractivity contribution in [2.45, 2.75) is 42.8 Å². The lowest BCUT2D eigenvalue weighted by Gasteiger charge is -2.16. The Morgan fingerprint density at radius 3 is 2.79 bits per heavy atom. The summed E-state index contributed by atoms with van der Waals surface area (Å²) in [5, 5.41) is 4.41. The molecule has 0 radical (unpaired) electrons. The molecule has 2 rings (SSSR count). The first-order valence-electron chi connectivity index (χ1n) is 6.70. The van der Waals surface area contributed by atoms with Gasteiger partial charge in [-0.15, -0.1) is 0 Å². The van der Waals surface area contributed by atoms with Gasteiger partial charge in [0.1, 0.15) is 0 Å². The summed E-state index contributed by atoms with van der Waals surface area (Å²) in [5.41, 5.74) is 1.11. The number of hydrogen-bond donors (Lipinski definition) is 2. The molecule has 2 heterocycles. The monoisotopic (exact) mass is 276 g/mol. The number of aromatic amines is 1. The van der Waals surface area contributed by atoms with Gasteiger partial charge in [-0.3, -0.25) is 4.98 Å². The van der Waals surface area contributed by atoms with E-state index in [1.807, 2.05) is 12.4 Å². The molecule has 1 atom stereocenters. The van der Waals surface area contributed by atoms with E-state index in [2.05, 4.69) is 46.2 Å². The van der Waals surface area contributed by atoms with Gasteiger partial charge in [0.2, 0.25) is 0 Å². The van der Waals surface area contributed by atoms with Crippen molar-refractivity contribution in [2.24, 2.45) is 0 Å². The Balaban J connectivity index is 2.00. The fourth-order valence-electron chi connectivity index (χ4n) is 1.85. The van der Waals surface area contributed by atoms with Crippen molar-refractivity contribution < 1.29 is 0 Å². The Morgan fingerprint density at radius 2 is 2.21 bits per heavy atom. The zero-order valence-electron chi connectivity index (χ0n) is 11.4. The number of pyridine rings is 1. The number of H-pyrrole nitrogens is 1. The van der Waals surface area contributed by atoms with Crippen LogP contribution in [0.25, 0.3) is 0 Å². The molecule has 0 saturated heterocycles. The maximum atomic E-state index is 4.56. The predicted octanol–water partition coefficient (Wildman–Crippen LogP) is 3.41. The molecule has 2 aromatic rings. The number of hydrogen-bond acceptors (Lipinski definition) is 4. The van der Waals surface area contributed by atoms with Crippen molar-refractivity contribution in [3.63, 3.8) is 0 Å². The molecule has 0 saturated carbocycles. The Bertz CT molecular complexity index is 467. The van der Waals surface area contributed by atoms with Gasteiger partial charge in [-0.25, -0.2) is 4.98 Å². The summed E-state index contributed by atoms with van der Waals surface area (Å²) in [7, 11) is 0. The van der Waals surface area contributed by atoms with Crippen LogP contribution in [-0.4, -0.2) is 21.5 Å². The lowest BCUT2D eigenvalue weighted by Crippen LogP contribution is -2.22. The Morgan fingerprint density at radius 1 is 1.32 bits per heavy atom. The standard InChI is InChI=1S/C14H20N4S/c1-3-7-15-12(4-2)13-6-5-11(10-18-13)19-14-16-8-9-17-14/h5-6,8-10,12,15H,3-4,7H2,1-2H3,(H,16,17). The Hall–Kier alpha value is -1.33. The van der Waals surface area contributed by atoms with Gasteiger partial charge in [0.15, 0.2) is 5.16 Å². The summed E-state index contributed by atoms with van der Waals surface area (Å²) in [4.78, 5) is 12.9. The van der Waals surface area contributed by atoms with Crippen LogP contribution >= 0.6 is 11.8 Å². The highest BCUT2D eigenvalue weighted by atomic mass is 32.2. The van der Waals surface area contributed by atoms with E-state index < -0.39 is 0 Å². The molecule has 1 unspecified atom stereocenters. The average molecular weight is 276 g/mol. The van der Waals surface area contributed by atoms with E-state index in [9.17, 15) is 0 Å². The third-order valence-corrected chi connectivity index (χ3v) is 3.75. The number of aromatic nitrogens is 3. The Kier molecular flexibility index (Phi) is 5.42. The number of nitrogens with one attached hydrogen (secondary N) is 2. The van der Waals surface area contributed by atoms with Crippen LogP contribution in [0.4, 0.5) is 0 Å². The van der Waals surface area contributed by atoms with Crippen molar-refractivity contribution in [1.29, 1.82) is 0 Å². The average Bonchev–Trinajstić information content (AvgIpc) is 2.94. The highest BCUT2D eigenvalue weighted by molar-refractivity contribution is 7.99. The predicted molar refractivity (Wildman–Crippen MR) is 78.3 cm³/mol. The van der Waals surface area contributed by atoms with Gasteiger partial charge in [-0.1, -0.05) is 25.6 Å². The van der Waals surface area contributed by atoms with Gasteiger partial charge in [0.25, 0.3) is 0 Å². The molecule has 0 aliphatic carbocycles. The van der Waals surface area contributed by atoms with Gasteiger partial charge >= 0.3 is 0 Å². The van der Waals surface area contributed by atoms with Gasteiger partial charge in [0, 0.05) is 29.5 Å². The van der Waals surface area contributed by atoms with E-state index in [0.717, 1.165) is 35.1 Å². The van der Waals surface area contributed by atoms with Crippen LogP contribution in [0, 0.1) is 0 Å². The van der Waals surface area contributed by atoms with Crippen LogP contribution in [-0.2, 0) is 0 Å². The van der Waals surface area contributed by atoms with Crippen LogP contribution in [0.2, 0.25) is 0 Å². The van der Waals surface area contributed by atoms with Crippen molar-refractivity contribution in [1.82, 2.24) is 20.3 Å². The highest BCUT2D eigenvalue weighted by Crippen LogP contribution is 2.24. The molecule has 0 fully saturated rings. The van der Waals surface area contributed by atoms with Crippen molar-refractivity contribution in [3.05, 3.63) is 36.4 Å².